The SMILES string of the molecule is CCCC(C)OC(=O)c1ccc(NC(=S)NC(=O)c2ccc(C#N)cc2)cc1O. The van der Waals surface area contributed by atoms with E-state index < -0.39 is 11.9 Å². The van der Waals surface area contributed by atoms with Crippen LogP contribution in [0.15, 0.2) is 42.5 Å². The Morgan fingerprint density at radius 1 is 1.24 bits per heavy atom. The van der Waals surface area contributed by atoms with E-state index in [-0.39, 0.29) is 22.5 Å². The lowest BCUT2D eigenvalue weighted by molar-refractivity contribution is 0.0320. The first-order chi connectivity index (χ1) is 13.8. The number of aromatic hydroxyl groups is 1. The van der Waals surface area contributed by atoms with Crippen LogP contribution in [-0.4, -0.2) is 28.2 Å². The number of esters is 1. The van der Waals surface area contributed by atoms with Crippen molar-refractivity contribution < 1.29 is 19.4 Å². The van der Waals surface area contributed by atoms with Crippen molar-refractivity contribution in [3.8, 4) is 11.8 Å². The van der Waals surface area contributed by atoms with E-state index in [2.05, 4.69) is 10.6 Å². The number of carbonyl (C=O) groups is 2. The van der Waals surface area contributed by atoms with Gasteiger partial charge in [0.15, 0.2) is 5.11 Å². The summed E-state index contributed by atoms with van der Waals surface area (Å²) >= 11 is 5.11. The van der Waals surface area contributed by atoms with Crippen LogP contribution in [0.1, 0.15) is 53.0 Å². The van der Waals surface area contributed by atoms with Crippen molar-refractivity contribution in [1.29, 1.82) is 5.26 Å². The van der Waals surface area contributed by atoms with E-state index in [9.17, 15) is 14.7 Å². The van der Waals surface area contributed by atoms with Crippen LogP contribution >= 0.6 is 12.2 Å². The molecule has 0 bridgehead atoms. The molecule has 0 aliphatic carbocycles. The van der Waals surface area contributed by atoms with E-state index in [1.807, 2.05) is 13.0 Å². The van der Waals surface area contributed by atoms with Gasteiger partial charge < -0.3 is 15.2 Å². The molecular formula is C21H21N3O4S. The van der Waals surface area contributed by atoms with E-state index >= 15 is 0 Å². The zero-order valence-electron chi connectivity index (χ0n) is 16.1. The zero-order chi connectivity index (χ0) is 21.4. The number of nitrogens with one attached hydrogen (secondary N) is 2. The van der Waals surface area contributed by atoms with Crippen LogP contribution in [0.4, 0.5) is 5.69 Å². The summed E-state index contributed by atoms with van der Waals surface area (Å²) in [5, 5.41) is 24.2. The van der Waals surface area contributed by atoms with Gasteiger partial charge >= 0.3 is 5.97 Å². The minimum atomic E-state index is -0.605. The Balaban J connectivity index is 1.98. The molecule has 1 amide bonds. The first-order valence-corrected chi connectivity index (χ1v) is 9.41. The Labute approximate surface area is 174 Å². The monoisotopic (exact) mass is 411 g/mol. The van der Waals surface area contributed by atoms with Gasteiger partial charge in [-0.1, -0.05) is 13.3 Å². The minimum Gasteiger partial charge on any atom is -0.507 e. The summed E-state index contributed by atoms with van der Waals surface area (Å²) < 4.78 is 5.27. The van der Waals surface area contributed by atoms with Gasteiger partial charge in [-0.05, 0) is 62.0 Å². The van der Waals surface area contributed by atoms with Crippen LogP contribution in [-0.2, 0) is 4.74 Å². The standard InChI is InChI=1S/C21H21N3O4S/c1-3-4-13(2)28-20(27)17-10-9-16(11-18(17)25)23-21(29)24-19(26)15-7-5-14(12-22)6-8-15/h5-11,13,25H,3-4H2,1-2H3,(H2,23,24,26,29). The van der Waals surface area contributed by atoms with E-state index in [1.165, 1.54) is 36.4 Å². The van der Waals surface area contributed by atoms with Gasteiger partial charge in [-0.25, -0.2) is 4.79 Å². The zero-order valence-corrected chi connectivity index (χ0v) is 16.9. The van der Waals surface area contributed by atoms with E-state index in [0.29, 0.717) is 16.8 Å². The number of anilines is 1. The molecule has 2 rings (SSSR count). The third kappa shape index (κ3) is 6.30. The summed E-state index contributed by atoms with van der Waals surface area (Å²) in [5.41, 5.74) is 1.23. The fourth-order valence-electron chi connectivity index (χ4n) is 2.53. The van der Waals surface area contributed by atoms with Gasteiger partial charge in [-0.3, -0.25) is 10.1 Å². The van der Waals surface area contributed by atoms with E-state index in [4.69, 9.17) is 22.2 Å². The summed E-state index contributed by atoms with van der Waals surface area (Å²) in [6, 6.07) is 12.4. The number of hydrogen-bond acceptors (Lipinski definition) is 6. The average Bonchev–Trinajstić information content (AvgIpc) is 2.68. The molecule has 0 fully saturated rings. The molecule has 0 saturated carbocycles. The predicted octanol–water partition coefficient (Wildman–Crippen LogP) is 3.74. The van der Waals surface area contributed by atoms with Crippen LogP contribution in [0.2, 0.25) is 0 Å². The first kappa shape index (κ1) is 21.9. The van der Waals surface area contributed by atoms with Gasteiger partial charge in [0.1, 0.15) is 11.3 Å². The van der Waals surface area contributed by atoms with Crippen molar-refractivity contribution in [2.24, 2.45) is 0 Å². The lowest BCUT2D eigenvalue weighted by Gasteiger charge is -2.14. The molecule has 7 nitrogen and oxygen atoms in total. The highest BCUT2D eigenvalue weighted by Gasteiger charge is 2.16. The van der Waals surface area contributed by atoms with Crippen molar-refractivity contribution in [1.82, 2.24) is 5.32 Å². The van der Waals surface area contributed by atoms with Gasteiger partial charge in [-0.15, -0.1) is 0 Å². The molecule has 0 aliphatic rings. The lowest BCUT2D eigenvalue weighted by Crippen LogP contribution is -2.34. The number of hydrogen-bond donors (Lipinski definition) is 3. The molecule has 1 unspecified atom stereocenters. The third-order valence-electron chi connectivity index (χ3n) is 3.98. The van der Waals surface area contributed by atoms with Gasteiger partial charge in [0.05, 0.1) is 17.7 Å². The summed E-state index contributed by atoms with van der Waals surface area (Å²) in [7, 11) is 0. The fourth-order valence-corrected chi connectivity index (χ4v) is 2.74. The molecule has 3 N–H and O–H groups in total. The molecule has 0 spiro atoms. The summed E-state index contributed by atoms with van der Waals surface area (Å²) in [6.45, 7) is 3.79. The minimum absolute atomic E-state index is 0.0191. The second-order valence-corrected chi connectivity index (χ2v) is 6.74. The van der Waals surface area contributed by atoms with Gasteiger partial charge in [0, 0.05) is 17.3 Å². The second-order valence-electron chi connectivity index (χ2n) is 6.33. The molecule has 0 aromatic heterocycles. The average molecular weight is 411 g/mol. The number of rotatable bonds is 6. The number of phenols is 1. The number of nitrogens with zero attached hydrogens (tertiary/aromatic N) is 1. The summed E-state index contributed by atoms with van der Waals surface area (Å²) in [5.74, 6) is -1.31. The fraction of sp³-hybridized carbons (Fsp3) is 0.238. The Bertz CT molecular complexity index is 951. The van der Waals surface area contributed by atoms with Crippen molar-refractivity contribution >= 4 is 34.9 Å². The van der Waals surface area contributed by atoms with Gasteiger partial charge in [0.25, 0.3) is 5.91 Å². The predicted molar refractivity (Wildman–Crippen MR) is 113 cm³/mol. The van der Waals surface area contributed by atoms with Crippen molar-refractivity contribution in [2.75, 3.05) is 5.32 Å². The molecule has 2 aromatic rings. The second kappa shape index (κ2) is 10.2. The highest BCUT2D eigenvalue weighted by Crippen LogP contribution is 2.23. The maximum Gasteiger partial charge on any atom is 0.342 e. The number of phenolic OH excluding ortho intramolecular Hbond substituents is 1. The Kier molecular flexibility index (Phi) is 7.69. The molecule has 2 aromatic carbocycles. The highest BCUT2D eigenvalue weighted by atomic mass is 32.1. The highest BCUT2D eigenvalue weighted by molar-refractivity contribution is 7.80. The van der Waals surface area contributed by atoms with Crippen LogP contribution < -0.4 is 10.6 Å². The largest absolute Gasteiger partial charge is 0.507 e. The number of benzene rings is 2. The van der Waals surface area contributed by atoms with E-state index in [0.717, 1.165) is 12.8 Å². The van der Waals surface area contributed by atoms with Crippen molar-refractivity contribution in [3.05, 3.63) is 59.2 Å². The molecule has 150 valence electrons. The maximum absolute atomic E-state index is 12.2. The molecule has 0 heterocycles. The quantitative estimate of drug-likeness (QED) is 0.490. The van der Waals surface area contributed by atoms with Crippen molar-refractivity contribution in [3.63, 3.8) is 0 Å². The molecule has 0 radical (unpaired) electrons. The first-order valence-electron chi connectivity index (χ1n) is 9.00. The van der Waals surface area contributed by atoms with Crippen LogP contribution in [0, 0.1) is 11.3 Å². The number of carbonyl (C=O) groups excluding carboxylic acids is 2. The molecule has 8 heteroatoms. The van der Waals surface area contributed by atoms with Crippen molar-refractivity contribution in [2.45, 2.75) is 32.8 Å². The molecular weight excluding hydrogens is 390 g/mol. The number of thiocarbonyl (C=S) groups is 1. The van der Waals surface area contributed by atoms with Crippen LogP contribution in [0.25, 0.3) is 0 Å². The molecule has 0 aliphatic heterocycles. The van der Waals surface area contributed by atoms with Gasteiger partial charge in [-0.2, -0.15) is 5.26 Å². The molecule has 0 saturated heterocycles. The Morgan fingerprint density at radius 3 is 2.52 bits per heavy atom. The topological polar surface area (TPSA) is 111 Å². The van der Waals surface area contributed by atoms with Crippen LogP contribution in [0.3, 0.4) is 0 Å². The Hall–Kier alpha value is -3.44. The van der Waals surface area contributed by atoms with E-state index in [1.54, 1.807) is 13.0 Å². The normalized spacial score (nSPS) is 11.1. The maximum atomic E-state index is 12.2. The smallest absolute Gasteiger partial charge is 0.342 e. The molecule has 29 heavy (non-hydrogen) atoms. The number of nitriles is 1. The van der Waals surface area contributed by atoms with Crippen LogP contribution in [0.5, 0.6) is 5.75 Å². The third-order valence-corrected chi connectivity index (χ3v) is 4.19. The number of amides is 1. The Morgan fingerprint density at radius 2 is 1.93 bits per heavy atom. The lowest BCUT2D eigenvalue weighted by atomic mass is 10.1. The number of ether oxygens (including phenoxy) is 1. The summed E-state index contributed by atoms with van der Waals surface area (Å²) in [6.07, 6.45) is 1.38. The molecule has 1 atom stereocenters. The summed E-state index contributed by atoms with van der Waals surface area (Å²) in [4.78, 5) is 24.3. The van der Waals surface area contributed by atoms with Gasteiger partial charge in [0.2, 0.25) is 0 Å².